The molecule has 0 unspecified atom stereocenters. The van der Waals surface area contributed by atoms with Crippen LogP contribution in [-0.2, 0) is 13.1 Å². The molecule has 4 heteroatoms. The topological polar surface area (TPSA) is 12.5 Å². The molecule has 3 rings (SSSR count). The third-order valence-electron chi connectivity index (χ3n) is 3.36. The number of hydrogen-bond donors (Lipinski definition) is 0. The van der Waals surface area contributed by atoms with E-state index in [2.05, 4.69) is 26.9 Å². The van der Waals surface area contributed by atoms with E-state index in [4.69, 9.17) is 4.74 Å². The lowest BCUT2D eigenvalue weighted by Crippen LogP contribution is -2.25. The molecular formula is C16H15BrFNO. The molecule has 104 valence electrons. The van der Waals surface area contributed by atoms with Gasteiger partial charge in [0.05, 0.1) is 0 Å². The first-order valence-electron chi connectivity index (χ1n) is 6.59. The zero-order valence-corrected chi connectivity index (χ0v) is 12.6. The minimum atomic E-state index is -0.208. The molecule has 0 saturated heterocycles. The van der Waals surface area contributed by atoms with Gasteiger partial charge in [-0.1, -0.05) is 34.1 Å². The lowest BCUT2D eigenvalue weighted by Gasteiger charge is -2.19. The van der Waals surface area contributed by atoms with Gasteiger partial charge < -0.3 is 4.74 Å². The van der Waals surface area contributed by atoms with E-state index in [1.54, 1.807) is 6.07 Å². The van der Waals surface area contributed by atoms with Gasteiger partial charge in [-0.05, 0) is 29.8 Å². The molecule has 0 atom stereocenters. The third-order valence-corrected chi connectivity index (χ3v) is 3.82. The Labute approximate surface area is 126 Å². The molecule has 0 fully saturated rings. The molecule has 2 aromatic carbocycles. The number of nitrogens with zero attached hydrogens (tertiary/aromatic N) is 1. The van der Waals surface area contributed by atoms with Crippen LogP contribution in [0.1, 0.15) is 11.1 Å². The summed E-state index contributed by atoms with van der Waals surface area (Å²) in [5, 5.41) is 0. The maximum absolute atomic E-state index is 13.4. The predicted octanol–water partition coefficient (Wildman–Crippen LogP) is 3.98. The largest absolute Gasteiger partial charge is 0.492 e. The molecule has 2 aromatic rings. The van der Waals surface area contributed by atoms with Crippen molar-refractivity contribution in [1.82, 2.24) is 4.90 Å². The van der Waals surface area contributed by atoms with Crippen molar-refractivity contribution >= 4 is 15.9 Å². The van der Waals surface area contributed by atoms with Gasteiger partial charge in [0.15, 0.2) is 0 Å². The molecule has 0 N–H and O–H groups in total. The molecule has 0 bridgehead atoms. The average molecular weight is 336 g/mol. The zero-order valence-electron chi connectivity index (χ0n) is 11.0. The van der Waals surface area contributed by atoms with Gasteiger partial charge in [-0.25, -0.2) is 4.39 Å². The maximum atomic E-state index is 13.4. The highest BCUT2D eigenvalue weighted by molar-refractivity contribution is 9.10. The van der Waals surface area contributed by atoms with Crippen LogP contribution in [0.5, 0.6) is 5.75 Å². The minimum Gasteiger partial charge on any atom is -0.492 e. The van der Waals surface area contributed by atoms with Gasteiger partial charge >= 0.3 is 0 Å². The fourth-order valence-electron chi connectivity index (χ4n) is 2.48. The smallest absolute Gasteiger partial charge is 0.124 e. The summed E-state index contributed by atoms with van der Waals surface area (Å²) in [4.78, 5) is 2.27. The van der Waals surface area contributed by atoms with Gasteiger partial charge in [-0.2, -0.15) is 0 Å². The molecule has 0 aliphatic carbocycles. The van der Waals surface area contributed by atoms with E-state index >= 15 is 0 Å². The summed E-state index contributed by atoms with van der Waals surface area (Å²) in [6.45, 7) is 3.04. The van der Waals surface area contributed by atoms with Crippen LogP contribution in [-0.4, -0.2) is 18.1 Å². The second-order valence-corrected chi connectivity index (χ2v) is 5.86. The van der Waals surface area contributed by atoms with Crippen molar-refractivity contribution in [2.75, 3.05) is 13.2 Å². The van der Waals surface area contributed by atoms with E-state index in [0.717, 1.165) is 28.9 Å². The van der Waals surface area contributed by atoms with Gasteiger partial charge in [-0.3, -0.25) is 4.90 Å². The first kappa shape index (κ1) is 13.6. The van der Waals surface area contributed by atoms with Crippen LogP contribution < -0.4 is 4.74 Å². The summed E-state index contributed by atoms with van der Waals surface area (Å²) in [5.74, 6) is 0.747. The average Bonchev–Trinajstić information content (AvgIpc) is 2.59. The number of ether oxygens (including phenoxy) is 1. The standard InChI is InChI=1S/C16H15BrFNO/c17-14-7-12(8-15(18)9-14)10-19-5-6-20-16-4-2-1-3-13(16)11-19/h1-4,7-9H,5-6,10-11H2. The van der Waals surface area contributed by atoms with Crippen molar-refractivity contribution in [1.29, 1.82) is 0 Å². The molecular weight excluding hydrogens is 321 g/mol. The second-order valence-electron chi connectivity index (χ2n) is 4.94. The fraction of sp³-hybridized carbons (Fsp3) is 0.250. The number of para-hydroxylation sites is 1. The highest BCUT2D eigenvalue weighted by Crippen LogP contribution is 2.24. The second kappa shape index (κ2) is 5.94. The summed E-state index contributed by atoms with van der Waals surface area (Å²) < 4.78 is 19.9. The minimum absolute atomic E-state index is 0.208. The summed E-state index contributed by atoms with van der Waals surface area (Å²) in [5.41, 5.74) is 2.15. The van der Waals surface area contributed by atoms with Crippen LogP contribution in [0.15, 0.2) is 46.9 Å². The third kappa shape index (κ3) is 3.19. The Bertz CT molecular complexity index is 597. The molecule has 1 heterocycles. The van der Waals surface area contributed by atoms with E-state index < -0.39 is 0 Å². The molecule has 2 nitrogen and oxygen atoms in total. The normalized spacial score (nSPS) is 15.3. The Morgan fingerprint density at radius 3 is 2.90 bits per heavy atom. The Morgan fingerprint density at radius 2 is 2.05 bits per heavy atom. The van der Waals surface area contributed by atoms with Crippen molar-refractivity contribution in [3.8, 4) is 5.75 Å². The summed E-state index contributed by atoms with van der Waals surface area (Å²) in [6.07, 6.45) is 0. The van der Waals surface area contributed by atoms with Crippen LogP contribution in [0.25, 0.3) is 0 Å². The highest BCUT2D eigenvalue weighted by Gasteiger charge is 2.15. The Kier molecular flexibility index (Phi) is 4.03. The lowest BCUT2D eigenvalue weighted by molar-refractivity contribution is 0.219. The predicted molar refractivity (Wildman–Crippen MR) is 80.2 cm³/mol. The van der Waals surface area contributed by atoms with Crippen molar-refractivity contribution in [2.45, 2.75) is 13.1 Å². The summed E-state index contributed by atoms with van der Waals surface area (Å²) in [7, 11) is 0. The van der Waals surface area contributed by atoms with Crippen molar-refractivity contribution in [2.24, 2.45) is 0 Å². The Morgan fingerprint density at radius 1 is 1.20 bits per heavy atom. The first-order chi connectivity index (χ1) is 9.70. The van der Waals surface area contributed by atoms with Gasteiger partial charge in [0.1, 0.15) is 18.2 Å². The van der Waals surface area contributed by atoms with E-state index in [1.165, 1.54) is 11.6 Å². The van der Waals surface area contributed by atoms with Crippen LogP contribution in [0.3, 0.4) is 0 Å². The molecule has 0 amide bonds. The molecule has 0 spiro atoms. The molecule has 0 radical (unpaired) electrons. The lowest BCUT2D eigenvalue weighted by atomic mass is 10.1. The zero-order chi connectivity index (χ0) is 13.9. The van der Waals surface area contributed by atoms with Crippen molar-refractivity contribution in [3.63, 3.8) is 0 Å². The SMILES string of the molecule is Fc1cc(Br)cc(CN2CCOc3ccccc3C2)c1. The molecule has 0 aromatic heterocycles. The Balaban J connectivity index is 1.78. The van der Waals surface area contributed by atoms with Gasteiger partial charge in [0.2, 0.25) is 0 Å². The van der Waals surface area contributed by atoms with Crippen molar-refractivity contribution in [3.05, 3.63) is 63.9 Å². The number of hydrogen-bond acceptors (Lipinski definition) is 2. The Hall–Kier alpha value is -1.39. The van der Waals surface area contributed by atoms with Crippen LogP contribution in [0.4, 0.5) is 4.39 Å². The number of fused-ring (bicyclic) bond motifs is 1. The van der Waals surface area contributed by atoms with Gasteiger partial charge in [-0.15, -0.1) is 0 Å². The van der Waals surface area contributed by atoms with Crippen LogP contribution in [0, 0.1) is 5.82 Å². The van der Waals surface area contributed by atoms with Crippen LogP contribution >= 0.6 is 15.9 Å². The molecule has 0 saturated carbocycles. The van der Waals surface area contributed by atoms with E-state index in [0.29, 0.717) is 13.2 Å². The maximum Gasteiger partial charge on any atom is 0.124 e. The number of halogens is 2. The van der Waals surface area contributed by atoms with E-state index in [-0.39, 0.29) is 5.82 Å². The van der Waals surface area contributed by atoms with E-state index in [9.17, 15) is 4.39 Å². The molecule has 1 aliphatic rings. The highest BCUT2D eigenvalue weighted by atomic mass is 79.9. The molecule has 20 heavy (non-hydrogen) atoms. The first-order valence-corrected chi connectivity index (χ1v) is 7.38. The fourth-order valence-corrected chi connectivity index (χ4v) is 2.99. The van der Waals surface area contributed by atoms with Crippen molar-refractivity contribution < 1.29 is 9.13 Å². The quantitative estimate of drug-likeness (QED) is 0.822. The number of benzene rings is 2. The van der Waals surface area contributed by atoms with Gasteiger partial charge in [0.25, 0.3) is 0 Å². The van der Waals surface area contributed by atoms with Crippen LogP contribution in [0.2, 0.25) is 0 Å². The summed E-state index contributed by atoms with van der Waals surface area (Å²) in [6, 6.07) is 13.1. The van der Waals surface area contributed by atoms with Gasteiger partial charge in [0, 0.05) is 29.7 Å². The summed E-state index contributed by atoms with van der Waals surface area (Å²) >= 11 is 3.34. The van der Waals surface area contributed by atoms with E-state index in [1.807, 2.05) is 24.3 Å². The monoisotopic (exact) mass is 335 g/mol. The number of rotatable bonds is 2. The molecule has 1 aliphatic heterocycles.